The predicted molar refractivity (Wildman–Crippen MR) is 38.5 cm³/mol. The molecule has 0 amide bonds. The first-order valence-electron chi connectivity index (χ1n) is 3.27. The molecule has 1 rings (SSSR count). The Labute approximate surface area is 59.6 Å². The lowest BCUT2D eigenvalue weighted by Gasteiger charge is -2.05. The van der Waals surface area contributed by atoms with E-state index in [0.717, 1.165) is 18.8 Å². The van der Waals surface area contributed by atoms with Gasteiger partial charge in [0.05, 0.1) is 6.61 Å². The van der Waals surface area contributed by atoms with Gasteiger partial charge in [-0.3, -0.25) is 0 Å². The van der Waals surface area contributed by atoms with Gasteiger partial charge in [0.25, 0.3) is 0 Å². The molecule has 0 spiro atoms. The van der Waals surface area contributed by atoms with E-state index in [1.54, 1.807) is 11.8 Å². The Kier molecular flexibility index (Phi) is 3.40. The van der Waals surface area contributed by atoms with Crippen molar-refractivity contribution in [3.8, 4) is 0 Å². The van der Waals surface area contributed by atoms with Crippen molar-refractivity contribution < 1.29 is 9.84 Å². The lowest BCUT2D eigenvalue weighted by Crippen LogP contribution is -2.01. The summed E-state index contributed by atoms with van der Waals surface area (Å²) in [7, 11) is 0. The summed E-state index contributed by atoms with van der Waals surface area (Å²) < 4.78 is 5.31. The van der Waals surface area contributed by atoms with Crippen LogP contribution in [0.25, 0.3) is 0 Å². The van der Waals surface area contributed by atoms with E-state index >= 15 is 0 Å². The van der Waals surface area contributed by atoms with Crippen LogP contribution in [0.1, 0.15) is 12.8 Å². The van der Waals surface area contributed by atoms with Crippen LogP contribution in [0.15, 0.2) is 0 Å². The van der Waals surface area contributed by atoms with E-state index in [-0.39, 0.29) is 6.61 Å². The van der Waals surface area contributed by atoms with Crippen LogP contribution < -0.4 is 0 Å². The number of hydrogen-bond acceptors (Lipinski definition) is 3. The normalized spacial score (nSPS) is 27.0. The summed E-state index contributed by atoms with van der Waals surface area (Å²) in [5.74, 6) is 0.810. The Morgan fingerprint density at radius 3 is 3.11 bits per heavy atom. The fourth-order valence-corrected chi connectivity index (χ4v) is 1.76. The zero-order valence-electron chi connectivity index (χ0n) is 5.38. The molecule has 0 aromatic carbocycles. The molecule has 1 atom stereocenters. The van der Waals surface area contributed by atoms with Crippen molar-refractivity contribution in [3.63, 3.8) is 0 Å². The minimum absolute atomic E-state index is 0.268. The van der Waals surface area contributed by atoms with Crippen LogP contribution in [0.3, 0.4) is 0 Å². The molecule has 0 aliphatic carbocycles. The Morgan fingerprint density at radius 2 is 2.56 bits per heavy atom. The number of aliphatic hydroxyl groups is 1. The van der Waals surface area contributed by atoms with Crippen LogP contribution in [-0.2, 0) is 4.74 Å². The molecule has 1 saturated heterocycles. The third-order valence-electron chi connectivity index (χ3n) is 1.28. The first kappa shape index (κ1) is 7.38. The molecule has 0 aromatic heterocycles. The van der Waals surface area contributed by atoms with Crippen molar-refractivity contribution in [3.05, 3.63) is 0 Å². The fraction of sp³-hybridized carbons (Fsp3) is 1.00. The molecule has 9 heavy (non-hydrogen) atoms. The van der Waals surface area contributed by atoms with Gasteiger partial charge in [-0.1, -0.05) is 0 Å². The maximum atomic E-state index is 8.45. The lowest BCUT2D eigenvalue weighted by atomic mass is 10.4. The van der Waals surface area contributed by atoms with Crippen molar-refractivity contribution >= 4 is 11.8 Å². The summed E-state index contributed by atoms with van der Waals surface area (Å²) in [5, 5.41) is 8.45. The maximum absolute atomic E-state index is 8.45. The number of rotatable bonds is 3. The van der Waals surface area contributed by atoms with Crippen LogP contribution >= 0.6 is 11.8 Å². The lowest BCUT2D eigenvalue weighted by molar-refractivity contribution is 0.173. The van der Waals surface area contributed by atoms with E-state index in [2.05, 4.69) is 0 Å². The smallest absolute Gasteiger partial charge is 0.103 e. The van der Waals surface area contributed by atoms with E-state index in [1.165, 1.54) is 6.42 Å². The molecule has 1 unspecified atom stereocenters. The van der Waals surface area contributed by atoms with Crippen molar-refractivity contribution in [1.82, 2.24) is 0 Å². The van der Waals surface area contributed by atoms with Crippen LogP contribution in [0.5, 0.6) is 0 Å². The molecule has 0 bridgehead atoms. The van der Waals surface area contributed by atoms with Gasteiger partial charge in [0.15, 0.2) is 0 Å². The van der Waals surface area contributed by atoms with Crippen molar-refractivity contribution in [2.75, 3.05) is 19.0 Å². The summed E-state index contributed by atoms with van der Waals surface area (Å²) in [5.41, 5.74) is 0.372. The highest BCUT2D eigenvalue weighted by molar-refractivity contribution is 7.99. The third-order valence-corrected chi connectivity index (χ3v) is 2.44. The van der Waals surface area contributed by atoms with E-state index in [0.29, 0.717) is 5.44 Å². The zero-order chi connectivity index (χ0) is 6.53. The molecule has 1 fully saturated rings. The number of ether oxygens (including phenoxy) is 1. The summed E-state index contributed by atoms with van der Waals surface area (Å²) in [4.78, 5) is 0. The number of aliphatic hydroxyl groups excluding tert-OH is 1. The molecule has 2 nitrogen and oxygen atoms in total. The standard InChI is InChI=1S/C6H12O2S/c7-3-5-9-6-2-1-4-8-6/h6-7H,1-5H2. The quantitative estimate of drug-likeness (QED) is 0.643. The number of hydrogen-bond donors (Lipinski definition) is 1. The molecule has 3 heteroatoms. The number of thioether (sulfide) groups is 1. The summed E-state index contributed by atoms with van der Waals surface area (Å²) in [6.45, 7) is 1.17. The van der Waals surface area contributed by atoms with Gasteiger partial charge in [-0.2, -0.15) is 0 Å². The van der Waals surface area contributed by atoms with Crippen molar-refractivity contribution in [2.24, 2.45) is 0 Å². The Balaban J connectivity index is 1.98. The molecule has 0 radical (unpaired) electrons. The molecular weight excluding hydrogens is 136 g/mol. The first-order chi connectivity index (χ1) is 4.43. The highest BCUT2D eigenvalue weighted by Gasteiger charge is 2.14. The predicted octanol–water partition coefficient (Wildman–Crippen LogP) is 0.848. The minimum atomic E-state index is 0.268. The molecule has 0 aromatic rings. The topological polar surface area (TPSA) is 29.5 Å². The van der Waals surface area contributed by atoms with Gasteiger partial charge in [0.2, 0.25) is 0 Å². The molecule has 54 valence electrons. The summed E-state index contributed by atoms with van der Waals surface area (Å²) in [6.07, 6.45) is 2.34. The van der Waals surface area contributed by atoms with Gasteiger partial charge in [-0.25, -0.2) is 0 Å². The van der Waals surface area contributed by atoms with Gasteiger partial charge >= 0.3 is 0 Å². The third kappa shape index (κ3) is 2.56. The fourth-order valence-electron chi connectivity index (χ4n) is 0.864. The van der Waals surface area contributed by atoms with Crippen LogP contribution in [-0.4, -0.2) is 29.5 Å². The first-order valence-corrected chi connectivity index (χ1v) is 4.32. The van der Waals surface area contributed by atoms with E-state index in [4.69, 9.17) is 9.84 Å². The van der Waals surface area contributed by atoms with Crippen LogP contribution in [0.4, 0.5) is 0 Å². The Bertz CT molecular complexity index is 71.5. The molecular formula is C6H12O2S. The second kappa shape index (κ2) is 4.14. The van der Waals surface area contributed by atoms with E-state index in [9.17, 15) is 0 Å². The van der Waals surface area contributed by atoms with Gasteiger partial charge in [-0.05, 0) is 12.8 Å². The largest absolute Gasteiger partial charge is 0.396 e. The van der Waals surface area contributed by atoms with Gasteiger partial charge in [-0.15, -0.1) is 11.8 Å². The second-order valence-corrected chi connectivity index (χ2v) is 3.30. The highest BCUT2D eigenvalue weighted by Crippen LogP contribution is 2.22. The van der Waals surface area contributed by atoms with Crippen LogP contribution in [0.2, 0.25) is 0 Å². The summed E-state index contributed by atoms with van der Waals surface area (Å²) in [6, 6.07) is 0. The Hall–Kier alpha value is 0.270. The van der Waals surface area contributed by atoms with Crippen molar-refractivity contribution in [2.45, 2.75) is 18.3 Å². The van der Waals surface area contributed by atoms with Gasteiger partial charge in [0, 0.05) is 12.4 Å². The zero-order valence-corrected chi connectivity index (χ0v) is 6.19. The summed E-state index contributed by atoms with van der Waals surface area (Å²) >= 11 is 1.71. The molecule has 1 aliphatic rings. The van der Waals surface area contributed by atoms with Crippen LogP contribution in [0, 0.1) is 0 Å². The van der Waals surface area contributed by atoms with Gasteiger partial charge in [0.1, 0.15) is 5.44 Å². The van der Waals surface area contributed by atoms with E-state index in [1.807, 2.05) is 0 Å². The molecule has 1 heterocycles. The molecule has 1 N–H and O–H groups in total. The second-order valence-electron chi connectivity index (χ2n) is 2.04. The average Bonchev–Trinajstić information content (AvgIpc) is 2.34. The molecule has 0 saturated carbocycles. The SMILES string of the molecule is OCCSC1CCCO1. The van der Waals surface area contributed by atoms with Gasteiger partial charge < -0.3 is 9.84 Å². The van der Waals surface area contributed by atoms with Crippen molar-refractivity contribution in [1.29, 1.82) is 0 Å². The maximum Gasteiger partial charge on any atom is 0.103 e. The highest BCUT2D eigenvalue weighted by atomic mass is 32.2. The molecule has 1 aliphatic heterocycles. The Morgan fingerprint density at radius 1 is 1.67 bits per heavy atom. The minimum Gasteiger partial charge on any atom is -0.396 e. The van der Waals surface area contributed by atoms with E-state index < -0.39 is 0 Å². The monoisotopic (exact) mass is 148 g/mol. The average molecular weight is 148 g/mol.